The third kappa shape index (κ3) is 12.3. The van der Waals surface area contributed by atoms with Crippen LogP contribution in [0.5, 0.6) is 0 Å². The van der Waals surface area contributed by atoms with Gasteiger partial charge in [-0.15, -0.1) is 0 Å². The number of carbonyl (C=O) groups is 1. The van der Waals surface area contributed by atoms with Crippen molar-refractivity contribution in [3.63, 3.8) is 0 Å². The van der Waals surface area contributed by atoms with Gasteiger partial charge in [-0.05, 0) is 0 Å². The molecule has 0 rings (SSSR count). The Labute approximate surface area is 119 Å². The van der Waals surface area contributed by atoms with E-state index in [1.54, 1.807) is 0 Å². The smallest absolute Gasteiger partial charge is 0.565 e. The van der Waals surface area contributed by atoms with Gasteiger partial charge in [-0.25, -0.2) is 0 Å². The van der Waals surface area contributed by atoms with Crippen molar-refractivity contribution in [1.82, 2.24) is 0 Å². The first-order valence-electron chi connectivity index (χ1n) is 4.11. The molecule has 0 heterocycles. The second-order valence-electron chi connectivity index (χ2n) is 2.75. The molecule has 0 unspecified atom stereocenters. The van der Waals surface area contributed by atoms with Crippen molar-refractivity contribution >= 4 is 6.16 Å². The van der Waals surface area contributed by atoms with Crippen molar-refractivity contribution in [2.75, 3.05) is 13.2 Å². The molecule has 0 spiro atoms. The van der Waals surface area contributed by atoms with Gasteiger partial charge < -0.3 is 45.6 Å². The van der Waals surface area contributed by atoms with Crippen LogP contribution >= 0.6 is 0 Å². The topological polar surface area (TPSA) is 182 Å². The van der Waals surface area contributed by atoms with Crippen LogP contribution in [0, 0.1) is 0 Å². The first-order valence-corrected chi connectivity index (χ1v) is 4.11. The Morgan fingerprint density at radius 3 is 1.24 bits per heavy atom. The monoisotopic (exact) mass is 266 g/mol. The molecule has 0 aliphatic heterocycles. The minimum atomic E-state index is -2.08. The Kier molecular flexibility index (Phi) is 16.3. The molecule has 0 bridgehead atoms. The van der Waals surface area contributed by atoms with E-state index in [9.17, 15) is 0 Å². The van der Waals surface area contributed by atoms with Crippen molar-refractivity contribution in [2.24, 2.45) is 0 Å². The first kappa shape index (κ1) is 22.2. The summed E-state index contributed by atoms with van der Waals surface area (Å²) in [6, 6.07) is 0. The van der Waals surface area contributed by atoms with Crippen LogP contribution in [0.25, 0.3) is 0 Å². The Morgan fingerprint density at radius 2 is 1.12 bits per heavy atom. The molecule has 0 aromatic carbocycles. The van der Waals surface area contributed by atoms with Crippen LogP contribution in [0.3, 0.4) is 0 Å². The van der Waals surface area contributed by atoms with Gasteiger partial charge in [-0.2, -0.15) is 0 Å². The molecule has 98 valence electrons. The number of aliphatic hydroxyl groups is 6. The maximum atomic E-state index is 8.96. The third-order valence-electron chi connectivity index (χ3n) is 1.51. The van der Waals surface area contributed by atoms with Crippen molar-refractivity contribution in [3.05, 3.63) is 0 Å². The average molecular weight is 266 g/mol. The fourth-order valence-electron chi connectivity index (χ4n) is 0.671. The maximum Gasteiger partial charge on any atom is 1.00 e. The molecule has 0 aliphatic rings. The third-order valence-corrected chi connectivity index (χ3v) is 1.51. The van der Waals surface area contributed by atoms with Crippen LogP contribution in [0.1, 0.15) is 0 Å². The van der Waals surface area contributed by atoms with Crippen LogP contribution in [-0.2, 0) is 0 Å². The molecule has 0 amide bonds. The Bertz CT molecular complexity index is 172. The van der Waals surface area contributed by atoms with E-state index in [-0.39, 0.29) is 29.6 Å². The molecule has 7 N–H and O–H groups in total. The van der Waals surface area contributed by atoms with Crippen LogP contribution in [0.15, 0.2) is 0 Å². The minimum Gasteiger partial charge on any atom is -0.565 e. The summed E-state index contributed by atoms with van der Waals surface area (Å²) in [5.41, 5.74) is 0. The van der Waals surface area contributed by atoms with Crippen LogP contribution in [0.4, 0.5) is 4.79 Å². The van der Waals surface area contributed by atoms with Crippen molar-refractivity contribution in [3.8, 4) is 0 Å². The summed E-state index contributed by atoms with van der Waals surface area (Å²) in [4.78, 5) is 8.44. The zero-order chi connectivity index (χ0) is 13.3. The van der Waals surface area contributed by atoms with E-state index < -0.39 is 43.8 Å². The van der Waals surface area contributed by atoms with Gasteiger partial charge in [0, 0.05) is 0 Å². The van der Waals surface area contributed by atoms with E-state index in [0.717, 1.165) is 0 Å². The summed E-state index contributed by atoms with van der Waals surface area (Å²) in [6.07, 6.45) is -8.48. The van der Waals surface area contributed by atoms with Gasteiger partial charge in [0.1, 0.15) is 24.4 Å². The van der Waals surface area contributed by atoms with Crippen molar-refractivity contribution in [2.45, 2.75) is 24.4 Å². The van der Waals surface area contributed by atoms with Crippen LogP contribution in [0.2, 0.25) is 0 Å². The van der Waals surface area contributed by atoms with Gasteiger partial charge >= 0.3 is 29.6 Å². The predicted octanol–water partition coefficient (Wildman–Crippen LogP) is -7.69. The molecular weight excluding hydrogens is 251 g/mol. The zero-order valence-corrected chi connectivity index (χ0v) is 11.2. The minimum absolute atomic E-state index is 0. The first-order chi connectivity index (χ1) is 7.27. The molecule has 9 nitrogen and oxygen atoms in total. The SMILES string of the molecule is O=C([O-])O.OC[C@@H](O)[C@@H](O)[C@H](O)[C@H](O)CO.[Na+]. The largest absolute Gasteiger partial charge is 1.00 e. The number of aliphatic hydroxyl groups excluding tert-OH is 6. The molecule has 0 aromatic heterocycles. The molecular formula is C7H15NaO9. The average Bonchev–Trinajstić information content (AvgIpc) is 2.24. The fourth-order valence-corrected chi connectivity index (χ4v) is 0.671. The van der Waals surface area contributed by atoms with Crippen molar-refractivity contribution < 1.29 is 75.2 Å². The van der Waals surface area contributed by atoms with Gasteiger partial charge in [0.2, 0.25) is 6.16 Å². The van der Waals surface area contributed by atoms with E-state index >= 15 is 0 Å². The van der Waals surface area contributed by atoms with Gasteiger partial charge in [-0.1, -0.05) is 0 Å². The fraction of sp³-hybridized carbons (Fsp3) is 0.857. The molecule has 0 saturated carbocycles. The number of hydrogen-bond acceptors (Lipinski definition) is 8. The summed E-state index contributed by atoms with van der Waals surface area (Å²) in [7, 11) is 0. The van der Waals surface area contributed by atoms with Crippen LogP contribution < -0.4 is 34.7 Å². The normalized spacial score (nSPS) is 16.6. The number of rotatable bonds is 5. The predicted molar refractivity (Wildman–Crippen MR) is 46.2 cm³/mol. The quantitative estimate of drug-likeness (QED) is 0.237. The van der Waals surface area contributed by atoms with Crippen LogP contribution in [-0.4, -0.2) is 79.5 Å². The zero-order valence-electron chi connectivity index (χ0n) is 9.17. The Hall–Kier alpha value is 0.0300. The van der Waals surface area contributed by atoms with Gasteiger partial charge in [0.05, 0.1) is 13.2 Å². The Morgan fingerprint density at radius 1 is 0.941 bits per heavy atom. The van der Waals surface area contributed by atoms with E-state index in [1.807, 2.05) is 0 Å². The molecule has 0 saturated heterocycles. The Balaban J connectivity index is -0.000000340. The number of hydrogen-bond donors (Lipinski definition) is 7. The molecule has 0 radical (unpaired) electrons. The second kappa shape index (κ2) is 12.5. The molecule has 0 aromatic rings. The molecule has 0 aliphatic carbocycles. The molecule has 4 atom stereocenters. The van der Waals surface area contributed by atoms with Gasteiger partial charge in [0.15, 0.2) is 0 Å². The van der Waals surface area contributed by atoms with Crippen molar-refractivity contribution in [1.29, 1.82) is 0 Å². The van der Waals surface area contributed by atoms with Gasteiger partial charge in [0.25, 0.3) is 0 Å². The maximum absolute atomic E-state index is 8.96. The summed E-state index contributed by atoms with van der Waals surface area (Å²) in [5.74, 6) is 0. The van der Waals surface area contributed by atoms with E-state index in [0.29, 0.717) is 0 Å². The summed E-state index contributed by atoms with van der Waals surface area (Å²) < 4.78 is 0. The summed E-state index contributed by atoms with van der Waals surface area (Å²) >= 11 is 0. The number of carboxylic acid groups (broad SMARTS) is 2. The molecule has 10 heteroatoms. The van der Waals surface area contributed by atoms with E-state index in [4.69, 9.17) is 45.6 Å². The van der Waals surface area contributed by atoms with E-state index in [1.165, 1.54) is 0 Å². The second-order valence-corrected chi connectivity index (χ2v) is 2.75. The molecule has 17 heavy (non-hydrogen) atoms. The molecule has 0 fully saturated rings. The standard InChI is InChI=1S/C6H14O6.CH2O3.Na/c7-1-3(9)5(11)6(12)4(10)2-8;2-1(3)4;/h3-12H,1-2H2;(H2,2,3,4);/q;;+1/p-1/t3-,4-,5-,6-;;/m1../s1. The van der Waals surface area contributed by atoms with E-state index in [2.05, 4.69) is 0 Å². The summed E-state index contributed by atoms with van der Waals surface area (Å²) in [6.45, 7) is -1.45. The summed E-state index contributed by atoms with van der Waals surface area (Å²) in [5, 5.41) is 67.5. The van der Waals surface area contributed by atoms with Gasteiger partial charge in [-0.3, -0.25) is 0 Å².